The third-order valence-electron chi connectivity index (χ3n) is 5.46. The molecule has 10 nitrogen and oxygen atoms in total. The Bertz CT molecular complexity index is 1270. The van der Waals surface area contributed by atoms with E-state index in [0.29, 0.717) is 33.3 Å². The summed E-state index contributed by atoms with van der Waals surface area (Å²) in [5.74, 6) is 0.797. The molecule has 0 saturated carbocycles. The Morgan fingerprint density at radius 3 is 2.71 bits per heavy atom. The minimum absolute atomic E-state index is 0.127. The van der Waals surface area contributed by atoms with E-state index in [-0.39, 0.29) is 36.4 Å². The molecule has 3 aromatic rings. The molecule has 0 aliphatic heterocycles. The van der Waals surface area contributed by atoms with Gasteiger partial charge >= 0.3 is 0 Å². The van der Waals surface area contributed by atoms with Crippen molar-refractivity contribution in [3.05, 3.63) is 58.1 Å². The van der Waals surface area contributed by atoms with Crippen LogP contribution in [0.2, 0.25) is 5.02 Å². The summed E-state index contributed by atoms with van der Waals surface area (Å²) in [5, 5.41) is 23.4. The number of carbonyl (C=O) groups excluding carboxylic acids is 1. The molecule has 11 heteroatoms. The molecule has 0 spiro atoms. The lowest BCUT2D eigenvalue weighted by Crippen LogP contribution is -2.27. The van der Waals surface area contributed by atoms with Crippen molar-refractivity contribution < 1.29 is 14.6 Å². The highest BCUT2D eigenvalue weighted by molar-refractivity contribution is 6.32. The van der Waals surface area contributed by atoms with Crippen LogP contribution >= 0.6 is 11.6 Å². The van der Waals surface area contributed by atoms with Crippen LogP contribution in [0.1, 0.15) is 47.1 Å². The molecule has 1 aromatic carbocycles. The quantitative estimate of drug-likeness (QED) is 0.281. The summed E-state index contributed by atoms with van der Waals surface area (Å²) in [6.07, 6.45) is 2.87. The Hall–Kier alpha value is -3.76. The summed E-state index contributed by atoms with van der Waals surface area (Å²) in [4.78, 5) is 24.8. The maximum Gasteiger partial charge on any atom is 0.269 e. The van der Waals surface area contributed by atoms with Crippen molar-refractivity contribution in [2.75, 3.05) is 31.3 Å². The number of amides is 1. The second-order valence-electron chi connectivity index (χ2n) is 7.86. The Labute approximate surface area is 208 Å². The molecule has 0 bridgehead atoms. The molecule has 2 heterocycles. The number of methoxy groups -OCH3 is 1. The van der Waals surface area contributed by atoms with Crippen LogP contribution < -0.4 is 21.1 Å². The lowest BCUT2D eigenvalue weighted by atomic mass is 9.93. The van der Waals surface area contributed by atoms with E-state index in [4.69, 9.17) is 32.6 Å². The lowest BCUT2D eigenvalue weighted by molar-refractivity contribution is 0.0940. The molecule has 184 valence electrons. The molecule has 0 saturated heterocycles. The van der Waals surface area contributed by atoms with Gasteiger partial charge in [0.15, 0.2) is 0 Å². The van der Waals surface area contributed by atoms with Crippen LogP contribution in [-0.4, -0.2) is 51.9 Å². The SMILES string of the molecule is COc1c(C(C)Nc2ncnc(N)c2C(C)=N)cc(Cl)c(C)c1-c1ccnc(C(=O)NCCO)c1. The number of hydrogen-bond acceptors (Lipinski definition) is 9. The van der Waals surface area contributed by atoms with E-state index in [2.05, 4.69) is 25.6 Å². The maximum absolute atomic E-state index is 12.4. The molecule has 1 unspecified atom stereocenters. The zero-order valence-electron chi connectivity index (χ0n) is 19.9. The number of carbonyl (C=O) groups is 1. The monoisotopic (exact) mass is 497 g/mol. The summed E-state index contributed by atoms with van der Waals surface area (Å²) in [5.41, 5.74) is 9.76. The van der Waals surface area contributed by atoms with Crippen LogP contribution in [-0.2, 0) is 0 Å². The second kappa shape index (κ2) is 11.1. The van der Waals surface area contributed by atoms with Crippen molar-refractivity contribution in [1.82, 2.24) is 20.3 Å². The molecule has 1 atom stereocenters. The fourth-order valence-electron chi connectivity index (χ4n) is 3.76. The number of benzene rings is 1. The van der Waals surface area contributed by atoms with Crippen LogP contribution in [0.15, 0.2) is 30.7 Å². The number of ether oxygens (including phenoxy) is 1. The first-order chi connectivity index (χ1) is 16.7. The van der Waals surface area contributed by atoms with Crippen molar-refractivity contribution in [1.29, 1.82) is 5.41 Å². The van der Waals surface area contributed by atoms with E-state index in [1.54, 1.807) is 26.2 Å². The fourth-order valence-corrected chi connectivity index (χ4v) is 3.98. The van der Waals surface area contributed by atoms with Gasteiger partial charge in [0.05, 0.1) is 25.3 Å². The van der Waals surface area contributed by atoms with Crippen LogP contribution in [0.4, 0.5) is 11.6 Å². The zero-order valence-corrected chi connectivity index (χ0v) is 20.7. The van der Waals surface area contributed by atoms with Gasteiger partial charge in [-0.25, -0.2) is 9.97 Å². The van der Waals surface area contributed by atoms with Crippen molar-refractivity contribution in [2.24, 2.45) is 0 Å². The van der Waals surface area contributed by atoms with E-state index in [0.717, 1.165) is 11.1 Å². The first-order valence-corrected chi connectivity index (χ1v) is 11.2. The van der Waals surface area contributed by atoms with E-state index >= 15 is 0 Å². The number of hydrogen-bond donors (Lipinski definition) is 5. The number of aliphatic hydroxyl groups is 1. The van der Waals surface area contributed by atoms with Gasteiger partial charge in [0, 0.05) is 34.6 Å². The molecular formula is C24H28ClN7O3. The molecule has 0 aliphatic carbocycles. The largest absolute Gasteiger partial charge is 0.496 e. The predicted molar refractivity (Wildman–Crippen MR) is 136 cm³/mol. The first-order valence-electron chi connectivity index (χ1n) is 10.8. The summed E-state index contributed by atoms with van der Waals surface area (Å²) in [6.45, 7) is 5.36. The number of aliphatic hydroxyl groups excluding tert-OH is 1. The van der Waals surface area contributed by atoms with Gasteiger partial charge in [0.1, 0.15) is 29.4 Å². The van der Waals surface area contributed by atoms with Gasteiger partial charge in [-0.2, -0.15) is 0 Å². The van der Waals surface area contributed by atoms with Crippen LogP contribution in [0.25, 0.3) is 11.1 Å². The minimum atomic E-state index is -0.398. The van der Waals surface area contributed by atoms with Gasteiger partial charge in [0.25, 0.3) is 5.91 Å². The van der Waals surface area contributed by atoms with Gasteiger partial charge in [-0.15, -0.1) is 0 Å². The van der Waals surface area contributed by atoms with Crippen molar-refractivity contribution >= 4 is 34.9 Å². The third-order valence-corrected chi connectivity index (χ3v) is 5.85. The molecule has 1 amide bonds. The summed E-state index contributed by atoms with van der Waals surface area (Å²) >= 11 is 6.64. The molecule has 6 N–H and O–H groups in total. The number of pyridine rings is 1. The smallest absolute Gasteiger partial charge is 0.269 e. The highest BCUT2D eigenvalue weighted by Crippen LogP contribution is 2.43. The Morgan fingerprint density at radius 2 is 2.06 bits per heavy atom. The van der Waals surface area contributed by atoms with Gasteiger partial charge in [-0.3, -0.25) is 9.78 Å². The molecule has 35 heavy (non-hydrogen) atoms. The molecule has 0 aliphatic rings. The average Bonchev–Trinajstić information content (AvgIpc) is 2.83. The Morgan fingerprint density at radius 1 is 1.31 bits per heavy atom. The minimum Gasteiger partial charge on any atom is -0.496 e. The predicted octanol–water partition coefficient (Wildman–Crippen LogP) is 3.37. The average molecular weight is 498 g/mol. The maximum atomic E-state index is 12.4. The number of rotatable bonds is 9. The topological polar surface area (TPSA) is 159 Å². The Kier molecular flexibility index (Phi) is 8.21. The second-order valence-corrected chi connectivity index (χ2v) is 8.27. The lowest BCUT2D eigenvalue weighted by Gasteiger charge is -2.23. The van der Waals surface area contributed by atoms with Crippen LogP contribution in [0.3, 0.4) is 0 Å². The number of nitrogens with two attached hydrogens (primary N) is 1. The number of anilines is 2. The van der Waals surface area contributed by atoms with Gasteiger partial charge in [-0.05, 0) is 50.1 Å². The molecule has 0 radical (unpaired) electrons. The highest BCUT2D eigenvalue weighted by atomic mass is 35.5. The first kappa shape index (κ1) is 25.9. The van der Waals surface area contributed by atoms with Crippen molar-refractivity contribution in [3.8, 4) is 16.9 Å². The van der Waals surface area contributed by atoms with Crippen LogP contribution in [0.5, 0.6) is 5.75 Å². The van der Waals surface area contributed by atoms with Crippen molar-refractivity contribution in [3.63, 3.8) is 0 Å². The number of aromatic nitrogens is 3. The number of halogens is 1. The molecule has 2 aromatic heterocycles. The van der Waals surface area contributed by atoms with Crippen LogP contribution in [0, 0.1) is 12.3 Å². The normalized spacial score (nSPS) is 11.6. The molecule has 0 fully saturated rings. The van der Waals surface area contributed by atoms with Gasteiger partial charge in [0.2, 0.25) is 0 Å². The number of nitrogen functional groups attached to an aromatic ring is 1. The van der Waals surface area contributed by atoms with E-state index in [9.17, 15) is 4.79 Å². The van der Waals surface area contributed by atoms with Gasteiger partial charge in [-0.1, -0.05) is 11.6 Å². The Balaban J connectivity index is 2.09. The molecular weight excluding hydrogens is 470 g/mol. The van der Waals surface area contributed by atoms with E-state index in [1.807, 2.05) is 19.9 Å². The third kappa shape index (κ3) is 5.50. The fraction of sp³-hybridized carbons (Fsp3) is 0.292. The van der Waals surface area contributed by atoms with E-state index in [1.165, 1.54) is 12.5 Å². The zero-order chi connectivity index (χ0) is 25.7. The van der Waals surface area contributed by atoms with Gasteiger partial charge < -0.3 is 31.6 Å². The molecule has 3 rings (SSSR count). The standard InChI is InChI=1S/C24H28ClN7O3/c1-12-17(25)10-16(14(3)32-23-20(13(2)26)22(27)30-11-31-23)21(35-4)19(12)15-5-6-28-18(9-15)24(34)29-7-8-33/h5-6,9-11,14,26,33H,7-8H2,1-4H3,(H,29,34)(H3,27,30,31,32). The number of nitrogens with one attached hydrogen (secondary N) is 3. The summed E-state index contributed by atoms with van der Waals surface area (Å²) in [7, 11) is 1.56. The number of nitrogens with zero attached hydrogens (tertiary/aromatic N) is 3. The summed E-state index contributed by atoms with van der Waals surface area (Å²) < 4.78 is 5.84. The van der Waals surface area contributed by atoms with Crippen molar-refractivity contribution in [2.45, 2.75) is 26.8 Å². The summed E-state index contributed by atoms with van der Waals surface area (Å²) in [6, 6.07) is 4.89. The highest BCUT2D eigenvalue weighted by Gasteiger charge is 2.23. The van der Waals surface area contributed by atoms with E-state index < -0.39 is 5.91 Å².